The minimum Gasteiger partial charge on any atom is -0.409 e. The second-order valence-electron chi connectivity index (χ2n) is 5.53. The van der Waals surface area contributed by atoms with Gasteiger partial charge in [-0.05, 0) is 25.7 Å². The normalized spacial score (nSPS) is 27.5. The second-order valence-corrected chi connectivity index (χ2v) is 5.53. The number of likely N-dealkylation sites (tertiary alicyclic amines) is 1. The van der Waals surface area contributed by atoms with Gasteiger partial charge in [0, 0.05) is 20.2 Å². The summed E-state index contributed by atoms with van der Waals surface area (Å²) in [6.07, 6.45) is 5.27. The molecule has 19 heavy (non-hydrogen) atoms. The number of carbonyl (C=O) groups is 1. The molecule has 0 spiro atoms. The molecule has 1 aliphatic carbocycles. The van der Waals surface area contributed by atoms with Gasteiger partial charge in [-0.2, -0.15) is 0 Å². The summed E-state index contributed by atoms with van der Waals surface area (Å²) in [6.45, 7) is 1.34. The van der Waals surface area contributed by atoms with Gasteiger partial charge < -0.3 is 20.6 Å². The molecule has 1 aliphatic heterocycles. The highest BCUT2D eigenvalue weighted by Gasteiger charge is 2.48. The van der Waals surface area contributed by atoms with E-state index in [-0.39, 0.29) is 17.8 Å². The molecule has 0 aromatic carbocycles. The first-order valence-corrected chi connectivity index (χ1v) is 6.94. The van der Waals surface area contributed by atoms with E-state index in [4.69, 9.17) is 15.7 Å². The van der Waals surface area contributed by atoms with Gasteiger partial charge >= 0.3 is 0 Å². The number of amidine groups is 1. The topological polar surface area (TPSA) is 88.2 Å². The monoisotopic (exact) mass is 269 g/mol. The zero-order chi connectivity index (χ0) is 13.9. The molecule has 1 heterocycles. The highest BCUT2D eigenvalue weighted by atomic mass is 16.5. The molecule has 0 aromatic heterocycles. The number of piperidine rings is 1. The molecule has 6 nitrogen and oxygen atoms in total. The van der Waals surface area contributed by atoms with Crippen LogP contribution in [0.3, 0.4) is 0 Å². The van der Waals surface area contributed by atoms with E-state index >= 15 is 0 Å². The number of ether oxygens (including phenoxy) is 1. The standard InChI is InChI=1S/C13H23N3O3/c1-19-10-5-4-8-16(9-10)12(17)13(11(14)15-18)6-2-3-7-13/h10,18H,2-9H2,1H3,(H2,14,15). The molecular weight excluding hydrogens is 246 g/mol. The van der Waals surface area contributed by atoms with E-state index in [1.165, 1.54) is 0 Å². The second kappa shape index (κ2) is 5.77. The Kier molecular flexibility index (Phi) is 4.29. The summed E-state index contributed by atoms with van der Waals surface area (Å²) in [7, 11) is 1.67. The molecule has 6 heteroatoms. The average Bonchev–Trinajstić information content (AvgIpc) is 2.96. The fourth-order valence-corrected chi connectivity index (χ4v) is 3.27. The van der Waals surface area contributed by atoms with E-state index in [0.29, 0.717) is 19.4 Å². The molecule has 1 unspecified atom stereocenters. The lowest BCUT2D eigenvalue weighted by molar-refractivity contribution is -0.141. The molecule has 0 radical (unpaired) electrons. The molecule has 2 fully saturated rings. The molecule has 2 rings (SSSR count). The molecule has 0 bridgehead atoms. The van der Waals surface area contributed by atoms with Crippen molar-refractivity contribution in [2.75, 3.05) is 20.2 Å². The molecule has 3 N–H and O–H groups in total. The number of amides is 1. The number of hydrogen-bond donors (Lipinski definition) is 2. The van der Waals surface area contributed by atoms with Crippen molar-refractivity contribution < 1.29 is 14.7 Å². The van der Waals surface area contributed by atoms with Crippen LogP contribution in [0.15, 0.2) is 5.16 Å². The summed E-state index contributed by atoms with van der Waals surface area (Å²) < 4.78 is 5.35. The minimum atomic E-state index is -0.787. The lowest BCUT2D eigenvalue weighted by Gasteiger charge is -2.38. The zero-order valence-corrected chi connectivity index (χ0v) is 11.5. The number of carbonyl (C=O) groups excluding carboxylic acids is 1. The van der Waals surface area contributed by atoms with Crippen molar-refractivity contribution in [3.63, 3.8) is 0 Å². The summed E-state index contributed by atoms with van der Waals surface area (Å²) in [5.74, 6) is 0.0663. The van der Waals surface area contributed by atoms with Crippen LogP contribution < -0.4 is 5.73 Å². The number of rotatable bonds is 3. The van der Waals surface area contributed by atoms with E-state index < -0.39 is 5.41 Å². The first-order valence-electron chi connectivity index (χ1n) is 6.94. The Morgan fingerprint density at radius 1 is 1.42 bits per heavy atom. The summed E-state index contributed by atoms with van der Waals surface area (Å²) in [5.41, 5.74) is 5.02. The van der Waals surface area contributed by atoms with Crippen molar-refractivity contribution in [3.05, 3.63) is 0 Å². The highest BCUT2D eigenvalue weighted by Crippen LogP contribution is 2.40. The molecule has 1 saturated carbocycles. The van der Waals surface area contributed by atoms with Crippen LogP contribution >= 0.6 is 0 Å². The summed E-state index contributed by atoms with van der Waals surface area (Å²) >= 11 is 0. The maximum atomic E-state index is 12.8. The van der Waals surface area contributed by atoms with E-state index in [1.807, 2.05) is 4.90 Å². The van der Waals surface area contributed by atoms with Crippen LogP contribution in [0.25, 0.3) is 0 Å². The first kappa shape index (κ1) is 14.1. The Balaban J connectivity index is 2.16. The predicted molar refractivity (Wildman–Crippen MR) is 70.9 cm³/mol. The van der Waals surface area contributed by atoms with Gasteiger partial charge in [-0.25, -0.2) is 0 Å². The van der Waals surface area contributed by atoms with Gasteiger partial charge in [0.2, 0.25) is 5.91 Å². The Hall–Kier alpha value is -1.30. The summed E-state index contributed by atoms with van der Waals surface area (Å²) in [4.78, 5) is 14.6. The van der Waals surface area contributed by atoms with Gasteiger partial charge in [-0.15, -0.1) is 0 Å². The van der Waals surface area contributed by atoms with Gasteiger partial charge in [0.15, 0.2) is 5.84 Å². The fourth-order valence-electron chi connectivity index (χ4n) is 3.27. The average molecular weight is 269 g/mol. The van der Waals surface area contributed by atoms with Gasteiger partial charge in [-0.3, -0.25) is 4.79 Å². The lowest BCUT2D eigenvalue weighted by Crippen LogP contribution is -2.53. The number of nitrogens with zero attached hydrogens (tertiary/aromatic N) is 2. The smallest absolute Gasteiger partial charge is 0.236 e. The van der Waals surface area contributed by atoms with Crippen LogP contribution in [-0.4, -0.2) is 48.2 Å². The summed E-state index contributed by atoms with van der Waals surface area (Å²) in [5, 5.41) is 12.1. The number of methoxy groups -OCH3 is 1. The van der Waals surface area contributed by atoms with Crippen LogP contribution in [0, 0.1) is 5.41 Å². The van der Waals surface area contributed by atoms with E-state index in [9.17, 15) is 4.79 Å². The third-order valence-electron chi connectivity index (χ3n) is 4.46. The predicted octanol–water partition coefficient (Wildman–Crippen LogP) is 0.931. The Morgan fingerprint density at radius 2 is 2.11 bits per heavy atom. The third-order valence-corrected chi connectivity index (χ3v) is 4.46. The molecule has 1 saturated heterocycles. The van der Waals surface area contributed by atoms with Crippen LogP contribution in [0.2, 0.25) is 0 Å². The third kappa shape index (κ3) is 2.54. The van der Waals surface area contributed by atoms with E-state index in [2.05, 4.69) is 5.16 Å². The fraction of sp³-hybridized carbons (Fsp3) is 0.846. The quantitative estimate of drug-likeness (QED) is 0.345. The Bertz CT molecular complexity index is 364. The van der Waals surface area contributed by atoms with Crippen molar-refractivity contribution in [1.82, 2.24) is 4.90 Å². The maximum absolute atomic E-state index is 12.8. The van der Waals surface area contributed by atoms with E-state index in [1.54, 1.807) is 7.11 Å². The number of nitrogens with two attached hydrogens (primary N) is 1. The van der Waals surface area contributed by atoms with Crippen molar-refractivity contribution in [3.8, 4) is 0 Å². The van der Waals surface area contributed by atoms with E-state index in [0.717, 1.165) is 32.2 Å². The summed E-state index contributed by atoms with van der Waals surface area (Å²) in [6, 6.07) is 0. The van der Waals surface area contributed by atoms with Crippen LogP contribution in [-0.2, 0) is 9.53 Å². The molecular formula is C13H23N3O3. The van der Waals surface area contributed by atoms with Crippen LogP contribution in [0.4, 0.5) is 0 Å². The largest absolute Gasteiger partial charge is 0.409 e. The van der Waals surface area contributed by atoms with Gasteiger partial charge in [-0.1, -0.05) is 18.0 Å². The van der Waals surface area contributed by atoms with Crippen molar-refractivity contribution in [1.29, 1.82) is 0 Å². The molecule has 108 valence electrons. The molecule has 1 atom stereocenters. The minimum absolute atomic E-state index is 0.00190. The van der Waals surface area contributed by atoms with Crippen LogP contribution in [0.1, 0.15) is 38.5 Å². The van der Waals surface area contributed by atoms with Gasteiger partial charge in [0.25, 0.3) is 0 Å². The van der Waals surface area contributed by atoms with Crippen molar-refractivity contribution >= 4 is 11.7 Å². The highest BCUT2D eigenvalue weighted by molar-refractivity contribution is 6.07. The Morgan fingerprint density at radius 3 is 2.68 bits per heavy atom. The number of hydrogen-bond acceptors (Lipinski definition) is 4. The lowest BCUT2D eigenvalue weighted by atomic mass is 9.82. The molecule has 2 aliphatic rings. The molecule has 0 aromatic rings. The number of oxime groups is 1. The Labute approximate surface area is 113 Å². The first-order chi connectivity index (χ1) is 9.14. The maximum Gasteiger partial charge on any atom is 0.236 e. The van der Waals surface area contributed by atoms with Crippen molar-refractivity contribution in [2.45, 2.75) is 44.6 Å². The van der Waals surface area contributed by atoms with Gasteiger partial charge in [0.05, 0.1) is 6.10 Å². The zero-order valence-electron chi connectivity index (χ0n) is 11.5. The van der Waals surface area contributed by atoms with Crippen molar-refractivity contribution in [2.24, 2.45) is 16.3 Å². The van der Waals surface area contributed by atoms with Gasteiger partial charge in [0.1, 0.15) is 5.41 Å². The van der Waals surface area contributed by atoms with Crippen LogP contribution in [0.5, 0.6) is 0 Å². The SMILES string of the molecule is COC1CCCN(C(=O)C2(C(N)=NO)CCCC2)C1. The molecule has 1 amide bonds.